The van der Waals surface area contributed by atoms with Gasteiger partial charge in [0.15, 0.2) is 11.4 Å². The van der Waals surface area contributed by atoms with Gasteiger partial charge in [0.2, 0.25) is 5.91 Å². The standard InChI is InChI=1S/C24H24N6O/c1-23(2)17-8-9-24(23,21-20(17)27-18(14-25)19(15-26)28-21)22(31)30-12-10-29(11-13-30)16-6-4-3-5-7-16/h3-7,17H,8-13H2,1-2H3. The summed E-state index contributed by atoms with van der Waals surface area (Å²) in [7, 11) is 0. The first kappa shape index (κ1) is 19.5. The Morgan fingerprint density at radius 3 is 2.32 bits per heavy atom. The van der Waals surface area contributed by atoms with Crippen LogP contribution < -0.4 is 4.90 Å². The number of piperazine rings is 1. The third-order valence-electron chi connectivity index (χ3n) is 7.70. The fourth-order valence-electron chi connectivity index (χ4n) is 5.96. The molecule has 1 saturated carbocycles. The van der Waals surface area contributed by atoms with Crippen molar-refractivity contribution >= 4 is 11.6 Å². The van der Waals surface area contributed by atoms with Crippen molar-refractivity contribution in [3.05, 3.63) is 53.1 Å². The summed E-state index contributed by atoms with van der Waals surface area (Å²) in [6, 6.07) is 14.2. The van der Waals surface area contributed by atoms with Crippen molar-refractivity contribution in [2.75, 3.05) is 31.1 Å². The van der Waals surface area contributed by atoms with Gasteiger partial charge in [-0.1, -0.05) is 32.0 Å². The Labute approximate surface area is 181 Å². The van der Waals surface area contributed by atoms with Gasteiger partial charge in [-0.25, -0.2) is 9.97 Å². The Kier molecular flexibility index (Phi) is 4.27. The number of hydrogen-bond acceptors (Lipinski definition) is 6. The van der Waals surface area contributed by atoms with Crippen LogP contribution >= 0.6 is 0 Å². The highest BCUT2D eigenvalue weighted by Gasteiger charge is 2.68. The number of anilines is 1. The van der Waals surface area contributed by atoms with Crippen molar-refractivity contribution in [3.8, 4) is 12.1 Å². The lowest BCUT2D eigenvalue weighted by Crippen LogP contribution is -2.57. The summed E-state index contributed by atoms with van der Waals surface area (Å²) in [5, 5.41) is 18.9. The largest absolute Gasteiger partial charge is 0.368 e. The number of carbonyl (C=O) groups excluding carboxylic acids is 1. The third-order valence-corrected chi connectivity index (χ3v) is 7.70. The van der Waals surface area contributed by atoms with Gasteiger partial charge in [-0.2, -0.15) is 10.5 Å². The van der Waals surface area contributed by atoms with E-state index in [4.69, 9.17) is 0 Å². The normalized spacial score (nSPS) is 25.6. The minimum Gasteiger partial charge on any atom is -0.368 e. The number of para-hydroxylation sites is 1. The second-order valence-corrected chi connectivity index (χ2v) is 9.21. The molecular formula is C24H24N6O. The van der Waals surface area contributed by atoms with Gasteiger partial charge in [-0.3, -0.25) is 4.79 Å². The Morgan fingerprint density at radius 2 is 1.68 bits per heavy atom. The van der Waals surface area contributed by atoms with Crippen LogP contribution in [0.3, 0.4) is 0 Å². The van der Waals surface area contributed by atoms with Gasteiger partial charge >= 0.3 is 0 Å². The maximum absolute atomic E-state index is 14.0. The van der Waals surface area contributed by atoms with Gasteiger partial charge in [0.05, 0.1) is 16.8 Å². The molecule has 2 bridgehead atoms. The minimum absolute atomic E-state index is 0.0191. The van der Waals surface area contributed by atoms with Crippen LogP contribution in [0.25, 0.3) is 0 Å². The number of nitrogens with zero attached hydrogens (tertiary/aromatic N) is 6. The van der Waals surface area contributed by atoms with Crippen molar-refractivity contribution < 1.29 is 4.79 Å². The summed E-state index contributed by atoms with van der Waals surface area (Å²) in [4.78, 5) is 27.4. The van der Waals surface area contributed by atoms with Crippen LogP contribution in [-0.4, -0.2) is 47.0 Å². The molecule has 2 aliphatic carbocycles. The van der Waals surface area contributed by atoms with Crippen LogP contribution in [0.5, 0.6) is 0 Å². The zero-order valence-electron chi connectivity index (χ0n) is 17.8. The average Bonchev–Trinajstić information content (AvgIpc) is 3.19. The van der Waals surface area contributed by atoms with Crippen molar-refractivity contribution in [1.82, 2.24) is 14.9 Å². The Balaban J connectivity index is 1.48. The minimum atomic E-state index is -0.783. The van der Waals surface area contributed by atoms with Gasteiger partial charge in [-0.15, -0.1) is 0 Å². The molecule has 3 aliphatic rings. The second kappa shape index (κ2) is 6.78. The van der Waals surface area contributed by atoms with Gasteiger partial charge in [0.25, 0.3) is 0 Å². The van der Waals surface area contributed by atoms with Crippen molar-refractivity contribution in [1.29, 1.82) is 10.5 Å². The van der Waals surface area contributed by atoms with Gasteiger partial charge in [-0.05, 0) is 30.4 Å². The first-order chi connectivity index (χ1) is 14.9. The molecule has 2 fully saturated rings. The van der Waals surface area contributed by atoms with Crippen molar-refractivity contribution in [3.63, 3.8) is 0 Å². The topological polar surface area (TPSA) is 96.9 Å². The molecule has 2 aromatic rings. The maximum Gasteiger partial charge on any atom is 0.235 e. The first-order valence-electron chi connectivity index (χ1n) is 10.8. The summed E-state index contributed by atoms with van der Waals surface area (Å²) in [5.41, 5.74) is 1.48. The van der Waals surface area contributed by atoms with Gasteiger partial charge < -0.3 is 9.80 Å². The maximum atomic E-state index is 14.0. The van der Waals surface area contributed by atoms with Crippen LogP contribution in [0.15, 0.2) is 30.3 Å². The van der Waals surface area contributed by atoms with E-state index in [1.807, 2.05) is 35.2 Å². The lowest BCUT2D eigenvalue weighted by Gasteiger charge is -2.43. The number of aromatic nitrogens is 2. The zero-order chi connectivity index (χ0) is 21.8. The van der Waals surface area contributed by atoms with E-state index in [2.05, 4.69) is 40.8 Å². The van der Waals surface area contributed by atoms with E-state index in [-0.39, 0.29) is 28.6 Å². The summed E-state index contributed by atoms with van der Waals surface area (Å²) < 4.78 is 0. The number of hydrogen-bond donors (Lipinski definition) is 0. The molecule has 1 aromatic carbocycles. The highest BCUT2D eigenvalue weighted by Crippen LogP contribution is 2.67. The van der Waals surface area contributed by atoms with Crippen LogP contribution in [0.1, 0.15) is 55.4 Å². The molecule has 7 nitrogen and oxygen atoms in total. The molecular weight excluding hydrogens is 388 g/mol. The number of nitriles is 2. The smallest absolute Gasteiger partial charge is 0.235 e. The highest BCUT2D eigenvalue weighted by atomic mass is 16.2. The van der Waals surface area contributed by atoms with E-state index in [1.165, 1.54) is 5.69 Å². The average molecular weight is 412 g/mol. The summed E-state index contributed by atoms with van der Waals surface area (Å²) >= 11 is 0. The fraction of sp³-hybridized carbons (Fsp3) is 0.458. The summed E-state index contributed by atoms with van der Waals surface area (Å²) in [6.07, 6.45) is 1.56. The SMILES string of the molecule is CC1(C)C2CCC1(C(=O)N1CCN(c3ccccc3)CC1)c1nc(C#N)c(C#N)nc12. The Hall–Kier alpha value is -3.45. The molecule has 0 radical (unpaired) electrons. The lowest BCUT2D eigenvalue weighted by molar-refractivity contribution is -0.141. The fourth-order valence-corrected chi connectivity index (χ4v) is 5.96. The van der Waals surface area contributed by atoms with E-state index < -0.39 is 5.41 Å². The lowest BCUT2D eigenvalue weighted by atomic mass is 9.67. The third kappa shape index (κ3) is 2.53. The number of benzene rings is 1. The predicted molar refractivity (Wildman–Crippen MR) is 114 cm³/mol. The van der Waals surface area contributed by atoms with Crippen molar-refractivity contribution in [2.45, 2.75) is 38.0 Å². The molecule has 2 heterocycles. The van der Waals surface area contributed by atoms with E-state index in [9.17, 15) is 15.3 Å². The molecule has 156 valence electrons. The monoisotopic (exact) mass is 412 g/mol. The molecule has 5 rings (SSSR count). The second-order valence-electron chi connectivity index (χ2n) is 9.21. The van der Waals surface area contributed by atoms with E-state index in [0.29, 0.717) is 25.2 Å². The van der Waals surface area contributed by atoms with Crippen LogP contribution in [0, 0.1) is 28.1 Å². The molecule has 0 N–H and O–H groups in total. The molecule has 1 amide bonds. The van der Waals surface area contributed by atoms with Gasteiger partial charge in [0, 0.05) is 37.8 Å². The molecule has 2 unspecified atom stereocenters. The zero-order valence-corrected chi connectivity index (χ0v) is 17.8. The molecule has 2 atom stereocenters. The van der Waals surface area contributed by atoms with Crippen molar-refractivity contribution in [2.24, 2.45) is 5.41 Å². The Morgan fingerprint density at radius 1 is 1.03 bits per heavy atom. The van der Waals surface area contributed by atoms with Crippen LogP contribution in [0.4, 0.5) is 5.69 Å². The number of rotatable bonds is 2. The number of fused-ring (bicyclic) bond motifs is 5. The molecule has 1 aromatic heterocycles. The molecule has 0 spiro atoms. The van der Waals surface area contributed by atoms with E-state index in [1.54, 1.807) is 0 Å². The Bertz CT molecular complexity index is 1140. The molecule has 1 saturated heterocycles. The summed E-state index contributed by atoms with van der Waals surface area (Å²) in [6.45, 7) is 7.10. The van der Waals surface area contributed by atoms with Crippen LogP contribution in [-0.2, 0) is 10.2 Å². The highest BCUT2D eigenvalue weighted by molar-refractivity contribution is 5.91. The van der Waals surface area contributed by atoms with Gasteiger partial charge in [0.1, 0.15) is 12.1 Å². The van der Waals surface area contributed by atoms with E-state index in [0.717, 1.165) is 25.2 Å². The number of carbonyl (C=O) groups is 1. The molecule has 7 heteroatoms. The molecule has 1 aliphatic heterocycles. The van der Waals surface area contributed by atoms with Crippen LogP contribution in [0.2, 0.25) is 0 Å². The quantitative estimate of drug-likeness (QED) is 0.752. The summed E-state index contributed by atoms with van der Waals surface area (Å²) in [5.74, 6) is 0.166. The number of amides is 1. The predicted octanol–water partition coefficient (Wildman–Crippen LogP) is 2.72. The first-order valence-corrected chi connectivity index (χ1v) is 10.8. The molecule has 31 heavy (non-hydrogen) atoms. The van der Waals surface area contributed by atoms with E-state index >= 15 is 0 Å².